The molecule has 6 nitrogen and oxygen atoms in total. The summed E-state index contributed by atoms with van der Waals surface area (Å²) in [6, 6.07) is 23.9. The van der Waals surface area contributed by atoms with Gasteiger partial charge < -0.3 is 4.90 Å². The number of hydrogen-bond donors (Lipinski definition) is 0. The number of benzene rings is 3. The SMILES string of the molecule is CN(C)c1ccc([C@@H]2[C@@H]3C(=O)N(c4ccccc4Cl)C(=O)[C@@H]3ON2c2ccccc2)cc1. The fraction of sp³-hybridized carbons (Fsp3) is 0.200. The van der Waals surface area contributed by atoms with Gasteiger partial charge >= 0.3 is 0 Å². The maximum absolute atomic E-state index is 13.6. The molecule has 0 aromatic heterocycles. The number of amides is 2. The zero-order valence-corrected chi connectivity index (χ0v) is 18.4. The van der Waals surface area contributed by atoms with Crippen LogP contribution in [0.25, 0.3) is 0 Å². The van der Waals surface area contributed by atoms with E-state index in [2.05, 4.69) is 0 Å². The van der Waals surface area contributed by atoms with E-state index in [1.165, 1.54) is 4.90 Å². The van der Waals surface area contributed by atoms with E-state index < -0.39 is 24.0 Å². The molecule has 2 amide bonds. The molecule has 0 N–H and O–H groups in total. The van der Waals surface area contributed by atoms with Gasteiger partial charge in [-0.15, -0.1) is 0 Å². The lowest BCUT2D eigenvalue weighted by atomic mass is 9.90. The maximum Gasteiger partial charge on any atom is 0.266 e. The van der Waals surface area contributed by atoms with Crippen LogP contribution in [0.2, 0.25) is 5.02 Å². The van der Waals surface area contributed by atoms with Gasteiger partial charge in [-0.05, 0) is 42.0 Å². The molecule has 0 spiro atoms. The van der Waals surface area contributed by atoms with Crippen molar-refractivity contribution >= 4 is 40.5 Å². The number of carbonyl (C=O) groups is 2. The Hall–Kier alpha value is -3.35. The summed E-state index contributed by atoms with van der Waals surface area (Å²) in [7, 11) is 3.95. The van der Waals surface area contributed by atoms with Crippen molar-refractivity contribution in [3.8, 4) is 0 Å². The largest absolute Gasteiger partial charge is 0.378 e. The van der Waals surface area contributed by atoms with Crippen molar-refractivity contribution in [1.82, 2.24) is 0 Å². The van der Waals surface area contributed by atoms with Crippen LogP contribution in [0.3, 0.4) is 0 Å². The van der Waals surface area contributed by atoms with Crippen LogP contribution in [0, 0.1) is 5.92 Å². The lowest BCUT2D eigenvalue weighted by molar-refractivity contribution is -0.126. The first-order valence-corrected chi connectivity index (χ1v) is 10.8. The van der Waals surface area contributed by atoms with Gasteiger partial charge in [0, 0.05) is 19.8 Å². The van der Waals surface area contributed by atoms with Gasteiger partial charge in [-0.25, -0.2) is 9.96 Å². The molecular weight excluding hydrogens is 426 g/mol. The van der Waals surface area contributed by atoms with Gasteiger partial charge in [-0.2, -0.15) is 0 Å². The second kappa shape index (κ2) is 7.97. The fourth-order valence-corrected chi connectivity index (χ4v) is 4.61. The molecule has 162 valence electrons. The van der Waals surface area contributed by atoms with Gasteiger partial charge in [-0.3, -0.25) is 14.4 Å². The molecule has 32 heavy (non-hydrogen) atoms. The average Bonchev–Trinajstić information content (AvgIpc) is 3.31. The van der Waals surface area contributed by atoms with Crippen LogP contribution in [0.5, 0.6) is 0 Å². The Bertz CT molecular complexity index is 1170. The first-order valence-electron chi connectivity index (χ1n) is 10.4. The van der Waals surface area contributed by atoms with Crippen molar-refractivity contribution in [1.29, 1.82) is 0 Å². The molecule has 2 fully saturated rings. The summed E-state index contributed by atoms with van der Waals surface area (Å²) >= 11 is 6.31. The maximum atomic E-state index is 13.6. The minimum atomic E-state index is -0.919. The third kappa shape index (κ3) is 3.23. The van der Waals surface area contributed by atoms with Gasteiger partial charge in [0.2, 0.25) is 5.91 Å². The lowest BCUT2D eigenvalue weighted by Gasteiger charge is -2.29. The first-order chi connectivity index (χ1) is 15.5. The standard InChI is InChI=1S/C25H22ClN3O3/c1-27(2)17-14-12-16(13-15-17)22-21-23(32-29(22)18-8-4-3-5-9-18)25(31)28(24(21)30)20-11-7-6-10-19(20)26/h3-15,21-23H,1-2H3/t21-,22+,23+/m0/s1. The number of nitrogens with zero attached hydrogens (tertiary/aromatic N) is 3. The van der Waals surface area contributed by atoms with Gasteiger partial charge in [0.25, 0.3) is 5.91 Å². The number of fused-ring (bicyclic) bond motifs is 1. The van der Waals surface area contributed by atoms with Crippen LogP contribution in [0.4, 0.5) is 17.1 Å². The number of carbonyl (C=O) groups excluding carboxylic acids is 2. The van der Waals surface area contributed by atoms with Crippen LogP contribution in [0.15, 0.2) is 78.9 Å². The molecule has 2 saturated heterocycles. The summed E-state index contributed by atoms with van der Waals surface area (Å²) < 4.78 is 0. The molecule has 0 unspecified atom stereocenters. The summed E-state index contributed by atoms with van der Waals surface area (Å²) in [6.07, 6.45) is -0.919. The molecule has 0 aliphatic carbocycles. The van der Waals surface area contributed by atoms with Crippen LogP contribution in [-0.4, -0.2) is 32.0 Å². The molecule has 3 atom stereocenters. The fourth-order valence-electron chi connectivity index (χ4n) is 4.39. The average molecular weight is 448 g/mol. The Kier molecular flexibility index (Phi) is 5.12. The van der Waals surface area contributed by atoms with Crippen LogP contribution in [0.1, 0.15) is 11.6 Å². The third-order valence-corrected chi connectivity index (χ3v) is 6.29. The molecule has 2 aliphatic heterocycles. The molecular formula is C25H22ClN3O3. The number of para-hydroxylation sites is 2. The van der Waals surface area contributed by atoms with Crippen LogP contribution >= 0.6 is 11.6 Å². The minimum absolute atomic E-state index is 0.312. The normalized spacial score (nSPS) is 22.4. The lowest BCUT2D eigenvalue weighted by Crippen LogP contribution is -2.37. The number of anilines is 3. The predicted molar refractivity (Wildman–Crippen MR) is 125 cm³/mol. The quantitative estimate of drug-likeness (QED) is 0.553. The van der Waals surface area contributed by atoms with Crippen molar-refractivity contribution in [3.05, 3.63) is 89.4 Å². The number of hydroxylamine groups is 1. The van der Waals surface area contributed by atoms with Crippen LogP contribution < -0.4 is 14.9 Å². The molecule has 0 saturated carbocycles. The summed E-state index contributed by atoms with van der Waals surface area (Å²) in [5.74, 6) is -1.40. The summed E-state index contributed by atoms with van der Waals surface area (Å²) in [4.78, 5) is 36.3. The van der Waals surface area contributed by atoms with E-state index >= 15 is 0 Å². The monoisotopic (exact) mass is 447 g/mol. The molecule has 2 heterocycles. The van der Waals surface area contributed by atoms with Gasteiger partial charge in [0.15, 0.2) is 6.10 Å². The van der Waals surface area contributed by atoms with Gasteiger partial charge in [0.1, 0.15) is 5.92 Å². The highest BCUT2D eigenvalue weighted by Gasteiger charge is 2.60. The third-order valence-electron chi connectivity index (χ3n) is 5.97. The Morgan fingerprint density at radius 3 is 2.16 bits per heavy atom. The number of imide groups is 1. The van der Waals surface area contributed by atoms with E-state index in [1.54, 1.807) is 29.3 Å². The molecule has 7 heteroatoms. The predicted octanol–water partition coefficient (Wildman–Crippen LogP) is 4.46. The highest BCUT2D eigenvalue weighted by molar-refractivity contribution is 6.36. The summed E-state index contributed by atoms with van der Waals surface area (Å²) in [5, 5.41) is 2.04. The highest BCUT2D eigenvalue weighted by Crippen LogP contribution is 2.48. The van der Waals surface area contributed by atoms with E-state index in [0.717, 1.165) is 16.9 Å². The molecule has 3 aromatic rings. The number of halogens is 1. The Labute approximate surface area is 191 Å². The van der Waals surface area contributed by atoms with E-state index in [1.807, 2.05) is 73.6 Å². The van der Waals surface area contributed by atoms with Crippen LogP contribution in [-0.2, 0) is 14.4 Å². The molecule has 2 aliphatic rings. The van der Waals surface area contributed by atoms with E-state index in [0.29, 0.717) is 10.7 Å². The zero-order chi connectivity index (χ0) is 22.4. The smallest absolute Gasteiger partial charge is 0.266 e. The Balaban J connectivity index is 1.58. The number of hydrogen-bond acceptors (Lipinski definition) is 5. The van der Waals surface area contributed by atoms with E-state index in [4.69, 9.17) is 16.4 Å². The van der Waals surface area contributed by atoms with Gasteiger partial charge in [-0.1, -0.05) is 54.1 Å². The van der Waals surface area contributed by atoms with Gasteiger partial charge in [0.05, 0.1) is 22.4 Å². The van der Waals surface area contributed by atoms with E-state index in [9.17, 15) is 9.59 Å². The first kappa shape index (κ1) is 20.5. The molecule has 0 radical (unpaired) electrons. The summed E-state index contributed by atoms with van der Waals surface area (Å²) in [6.45, 7) is 0. The summed E-state index contributed by atoms with van der Waals surface area (Å²) in [5.41, 5.74) is 3.11. The molecule has 5 rings (SSSR count). The van der Waals surface area contributed by atoms with Crippen molar-refractivity contribution in [2.45, 2.75) is 12.1 Å². The van der Waals surface area contributed by atoms with E-state index in [-0.39, 0.29) is 5.91 Å². The second-order valence-corrected chi connectivity index (χ2v) is 8.51. The Morgan fingerprint density at radius 2 is 1.50 bits per heavy atom. The minimum Gasteiger partial charge on any atom is -0.378 e. The Morgan fingerprint density at radius 1 is 0.844 bits per heavy atom. The van der Waals surface area contributed by atoms with Crippen molar-refractivity contribution in [3.63, 3.8) is 0 Å². The van der Waals surface area contributed by atoms with Crippen molar-refractivity contribution in [2.75, 3.05) is 29.0 Å². The molecule has 3 aromatic carbocycles. The zero-order valence-electron chi connectivity index (χ0n) is 17.7. The second-order valence-electron chi connectivity index (χ2n) is 8.11. The highest BCUT2D eigenvalue weighted by atomic mass is 35.5. The van der Waals surface area contributed by atoms with Crippen molar-refractivity contribution in [2.24, 2.45) is 5.92 Å². The van der Waals surface area contributed by atoms with Crippen molar-refractivity contribution < 1.29 is 14.4 Å². The molecule has 0 bridgehead atoms. The number of rotatable bonds is 4. The topological polar surface area (TPSA) is 53.1 Å².